The number of rotatable bonds is 4. The molecule has 0 fully saturated rings. The first-order valence-electron chi connectivity index (χ1n) is 6.65. The fourth-order valence-corrected chi connectivity index (χ4v) is 2.37. The first-order chi connectivity index (χ1) is 9.22. The molecule has 1 aromatic rings. The van der Waals surface area contributed by atoms with Gasteiger partial charge < -0.3 is 9.47 Å². The van der Waals surface area contributed by atoms with E-state index in [0.29, 0.717) is 12.2 Å². The van der Waals surface area contributed by atoms with Gasteiger partial charge in [-0.3, -0.25) is 0 Å². The number of hydrogen-bond donors (Lipinski definition) is 0. The third-order valence-corrected chi connectivity index (χ3v) is 3.44. The second-order valence-electron chi connectivity index (χ2n) is 4.82. The predicted octanol–water partition coefficient (Wildman–Crippen LogP) is 3.41. The highest BCUT2D eigenvalue weighted by Gasteiger charge is 2.16. The third-order valence-electron chi connectivity index (χ3n) is 3.44. The van der Waals surface area contributed by atoms with E-state index < -0.39 is 0 Å². The number of esters is 1. The Kier molecular flexibility index (Phi) is 4.74. The van der Waals surface area contributed by atoms with Gasteiger partial charge in [0.1, 0.15) is 0 Å². The average Bonchev–Trinajstić information content (AvgIpc) is 2.45. The molecule has 0 saturated heterocycles. The average molecular weight is 260 g/mol. The summed E-state index contributed by atoms with van der Waals surface area (Å²) in [5.41, 5.74) is 2.47. The number of benzene rings is 1. The van der Waals surface area contributed by atoms with Crippen LogP contribution in [0.5, 0.6) is 0 Å². The van der Waals surface area contributed by atoms with Crippen molar-refractivity contribution in [1.29, 1.82) is 0 Å². The number of aryl methyl sites for hydroxylation is 1. The van der Waals surface area contributed by atoms with Crippen molar-refractivity contribution in [2.75, 3.05) is 7.11 Å². The van der Waals surface area contributed by atoms with Gasteiger partial charge in [-0.05, 0) is 37.3 Å². The first kappa shape index (κ1) is 13.8. The van der Waals surface area contributed by atoms with Crippen molar-refractivity contribution in [2.45, 2.75) is 38.9 Å². The smallest absolute Gasteiger partial charge is 0.338 e. The van der Waals surface area contributed by atoms with Crippen molar-refractivity contribution in [1.82, 2.24) is 0 Å². The zero-order valence-electron chi connectivity index (χ0n) is 11.5. The normalized spacial score (nSPS) is 18.3. The molecule has 0 aromatic heterocycles. The Morgan fingerprint density at radius 2 is 2.21 bits per heavy atom. The van der Waals surface area contributed by atoms with E-state index >= 15 is 0 Å². The summed E-state index contributed by atoms with van der Waals surface area (Å²) in [5, 5.41) is 0. The summed E-state index contributed by atoms with van der Waals surface area (Å²) in [4.78, 5) is 11.8. The summed E-state index contributed by atoms with van der Waals surface area (Å²) in [6.07, 6.45) is 7.69. The fourth-order valence-electron chi connectivity index (χ4n) is 2.37. The molecule has 0 N–H and O–H groups in total. The summed E-state index contributed by atoms with van der Waals surface area (Å²) in [6.45, 7) is 2.38. The summed E-state index contributed by atoms with van der Waals surface area (Å²) < 4.78 is 10.7. The first-order valence-corrected chi connectivity index (χ1v) is 6.65. The minimum atomic E-state index is -0.291. The number of allylic oxidation sites excluding steroid dienone is 1. The zero-order chi connectivity index (χ0) is 13.7. The predicted molar refractivity (Wildman–Crippen MR) is 74.1 cm³/mol. The lowest BCUT2D eigenvalue weighted by Gasteiger charge is -2.19. The van der Waals surface area contributed by atoms with Gasteiger partial charge in [0, 0.05) is 0 Å². The van der Waals surface area contributed by atoms with E-state index in [1.54, 1.807) is 0 Å². The highest BCUT2D eigenvalue weighted by molar-refractivity contribution is 5.92. The number of hydrogen-bond acceptors (Lipinski definition) is 3. The Morgan fingerprint density at radius 3 is 2.89 bits per heavy atom. The van der Waals surface area contributed by atoms with Crippen molar-refractivity contribution in [3.8, 4) is 0 Å². The number of carbonyl (C=O) groups excluding carboxylic acids is 1. The van der Waals surface area contributed by atoms with E-state index in [9.17, 15) is 4.79 Å². The molecule has 3 nitrogen and oxygen atoms in total. The molecule has 0 aliphatic heterocycles. The van der Waals surface area contributed by atoms with Gasteiger partial charge in [0.25, 0.3) is 0 Å². The third kappa shape index (κ3) is 3.44. The van der Waals surface area contributed by atoms with Gasteiger partial charge in [-0.25, -0.2) is 4.79 Å². The Morgan fingerprint density at radius 1 is 1.37 bits per heavy atom. The molecule has 0 heterocycles. The molecular formula is C16H20O3. The highest BCUT2D eigenvalue weighted by atomic mass is 16.5. The molecule has 0 spiro atoms. The van der Waals surface area contributed by atoms with Crippen molar-refractivity contribution in [3.63, 3.8) is 0 Å². The minimum absolute atomic E-state index is 0.260. The van der Waals surface area contributed by atoms with E-state index in [-0.39, 0.29) is 12.1 Å². The molecule has 0 amide bonds. The minimum Gasteiger partial charge on any atom is -0.465 e. The fraction of sp³-hybridized carbons (Fsp3) is 0.438. The van der Waals surface area contributed by atoms with Crippen LogP contribution in [0.15, 0.2) is 30.4 Å². The maximum absolute atomic E-state index is 11.8. The van der Waals surface area contributed by atoms with Gasteiger partial charge >= 0.3 is 5.97 Å². The quantitative estimate of drug-likeness (QED) is 0.614. The van der Waals surface area contributed by atoms with E-state index in [2.05, 4.69) is 12.2 Å². The van der Waals surface area contributed by atoms with Crippen LogP contribution in [0, 0.1) is 6.92 Å². The standard InChI is InChI=1S/C16H20O3/c1-12-7-6-8-13(15(12)16(17)18-2)11-19-14-9-4-3-5-10-14/h3-4,6-8,14H,5,9-11H2,1-2H3. The van der Waals surface area contributed by atoms with Gasteiger partial charge in [0.2, 0.25) is 0 Å². The van der Waals surface area contributed by atoms with Gasteiger partial charge in [0.05, 0.1) is 25.4 Å². The maximum atomic E-state index is 11.8. The van der Waals surface area contributed by atoms with Crippen LogP contribution in [0.25, 0.3) is 0 Å². The van der Waals surface area contributed by atoms with Crippen LogP contribution in [-0.4, -0.2) is 19.2 Å². The molecule has 2 rings (SSSR count). The summed E-state index contributed by atoms with van der Waals surface area (Å²) in [7, 11) is 1.41. The summed E-state index contributed by atoms with van der Waals surface area (Å²) in [6, 6.07) is 5.79. The molecule has 0 saturated carbocycles. The Hall–Kier alpha value is -1.61. The Bertz CT molecular complexity index is 477. The molecule has 1 aliphatic carbocycles. The molecule has 19 heavy (non-hydrogen) atoms. The van der Waals surface area contributed by atoms with Crippen LogP contribution in [0.1, 0.15) is 40.7 Å². The Balaban J connectivity index is 2.09. The van der Waals surface area contributed by atoms with E-state index in [4.69, 9.17) is 9.47 Å². The second kappa shape index (κ2) is 6.53. The number of carbonyl (C=O) groups is 1. The van der Waals surface area contributed by atoms with Crippen LogP contribution in [0.2, 0.25) is 0 Å². The molecule has 1 atom stereocenters. The van der Waals surface area contributed by atoms with E-state index in [1.165, 1.54) is 7.11 Å². The summed E-state index contributed by atoms with van der Waals surface area (Å²) in [5.74, 6) is -0.291. The molecular weight excluding hydrogens is 240 g/mol. The van der Waals surface area contributed by atoms with Crippen molar-refractivity contribution in [2.24, 2.45) is 0 Å². The lowest BCUT2D eigenvalue weighted by Crippen LogP contribution is -2.16. The molecule has 1 unspecified atom stereocenters. The van der Waals surface area contributed by atoms with Crippen LogP contribution in [0.3, 0.4) is 0 Å². The SMILES string of the molecule is COC(=O)c1c(C)cccc1COC1CC=CCC1. The number of methoxy groups -OCH3 is 1. The van der Waals surface area contributed by atoms with E-state index in [0.717, 1.165) is 30.4 Å². The van der Waals surface area contributed by atoms with Gasteiger partial charge in [-0.1, -0.05) is 30.4 Å². The van der Waals surface area contributed by atoms with E-state index in [1.807, 2.05) is 25.1 Å². The molecule has 3 heteroatoms. The maximum Gasteiger partial charge on any atom is 0.338 e. The Labute approximate surface area is 114 Å². The summed E-state index contributed by atoms with van der Waals surface area (Å²) >= 11 is 0. The van der Waals surface area contributed by atoms with Crippen molar-refractivity contribution < 1.29 is 14.3 Å². The van der Waals surface area contributed by atoms with Gasteiger partial charge in [-0.2, -0.15) is 0 Å². The van der Waals surface area contributed by atoms with Crippen LogP contribution in [-0.2, 0) is 16.1 Å². The van der Waals surface area contributed by atoms with Crippen molar-refractivity contribution >= 4 is 5.97 Å². The molecule has 0 radical (unpaired) electrons. The molecule has 1 aromatic carbocycles. The topological polar surface area (TPSA) is 35.5 Å². The van der Waals surface area contributed by atoms with Crippen LogP contribution in [0.4, 0.5) is 0 Å². The second-order valence-corrected chi connectivity index (χ2v) is 4.82. The molecule has 1 aliphatic rings. The zero-order valence-corrected chi connectivity index (χ0v) is 11.5. The lowest BCUT2D eigenvalue weighted by atomic mass is 10.0. The van der Waals surface area contributed by atoms with Gasteiger partial charge in [-0.15, -0.1) is 0 Å². The highest BCUT2D eigenvalue weighted by Crippen LogP contribution is 2.20. The molecule has 0 bridgehead atoms. The van der Waals surface area contributed by atoms with Crippen LogP contribution < -0.4 is 0 Å². The van der Waals surface area contributed by atoms with Crippen LogP contribution >= 0.6 is 0 Å². The van der Waals surface area contributed by atoms with Gasteiger partial charge in [0.15, 0.2) is 0 Å². The number of ether oxygens (including phenoxy) is 2. The molecule has 102 valence electrons. The largest absolute Gasteiger partial charge is 0.465 e. The van der Waals surface area contributed by atoms with Crippen molar-refractivity contribution in [3.05, 3.63) is 47.0 Å². The lowest BCUT2D eigenvalue weighted by molar-refractivity contribution is 0.0336. The monoisotopic (exact) mass is 260 g/mol.